The SMILES string of the molecule is C=C(C)C(=O)Oc1ccc(OC/C=C/c2ccc(OC(=O)C(=C)C)c(OC(=O)C(=C)C)c2)c(OC(=O)C(=C)C)c1. The fourth-order valence-corrected chi connectivity index (χ4v) is 2.62. The standard InChI is InChI=1S/C31H30O9/c1-18(2)28(32)37-23-12-14-24(27(17-23)40-31(35)21(7)8)36-15-9-10-22-11-13-25(38-29(33)19(3)4)26(16-22)39-30(34)20(5)6/h9-14,16-17H,1,3,5,7,15H2,2,4,6,8H3/b10-9+. The molecule has 208 valence electrons. The van der Waals surface area contributed by atoms with Gasteiger partial charge in [-0.3, -0.25) is 0 Å². The van der Waals surface area contributed by atoms with Gasteiger partial charge < -0.3 is 23.7 Å². The summed E-state index contributed by atoms with van der Waals surface area (Å²) in [5, 5.41) is 0. The summed E-state index contributed by atoms with van der Waals surface area (Å²) in [4.78, 5) is 48.0. The molecule has 2 aromatic carbocycles. The van der Waals surface area contributed by atoms with E-state index in [4.69, 9.17) is 23.7 Å². The van der Waals surface area contributed by atoms with Gasteiger partial charge in [0.25, 0.3) is 0 Å². The van der Waals surface area contributed by atoms with Crippen LogP contribution in [0.1, 0.15) is 33.3 Å². The number of rotatable bonds is 12. The van der Waals surface area contributed by atoms with Crippen LogP contribution in [0.5, 0.6) is 28.7 Å². The predicted molar refractivity (Wildman–Crippen MR) is 149 cm³/mol. The maximum atomic E-state index is 12.1. The highest BCUT2D eigenvalue weighted by Crippen LogP contribution is 2.33. The van der Waals surface area contributed by atoms with E-state index >= 15 is 0 Å². The van der Waals surface area contributed by atoms with Crippen LogP contribution in [0.4, 0.5) is 0 Å². The second-order valence-corrected chi connectivity index (χ2v) is 8.71. The van der Waals surface area contributed by atoms with Crippen LogP contribution in [0.15, 0.2) is 91.1 Å². The monoisotopic (exact) mass is 546 g/mol. The molecule has 2 aromatic rings. The predicted octanol–water partition coefficient (Wildman–Crippen LogP) is 5.70. The third kappa shape index (κ3) is 9.29. The first-order valence-electron chi connectivity index (χ1n) is 11.9. The zero-order valence-electron chi connectivity index (χ0n) is 22.8. The molecule has 40 heavy (non-hydrogen) atoms. The molecule has 0 aliphatic rings. The highest BCUT2D eigenvalue weighted by Gasteiger charge is 2.16. The van der Waals surface area contributed by atoms with E-state index in [1.54, 1.807) is 18.2 Å². The number of hydrogen-bond acceptors (Lipinski definition) is 9. The molecule has 0 radical (unpaired) electrons. The summed E-state index contributed by atoms with van der Waals surface area (Å²) in [6.45, 7) is 20.2. The molecule has 0 saturated carbocycles. The molecule has 0 aliphatic heterocycles. The van der Waals surface area contributed by atoms with Crippen molar-refractivity contribution in [3.63, 3.8) is 0 Å². The van der Waals surface area contributed by atoms with Crippen molar-refractivity contribution in [2.45, 2.75) is 27.7 Å². The highest BCUT2D eigenvalue weighted by atomic mass is 16.6. The molecule has 0 fully saturated rings. The molecule has 9 nitrogen and oxygen atoms in total. The Morgan fingerprint density at radius 1 is 0.600 bits per heavy atom. The Labute approximate surface area is 232 Å². The Balaban J connectivity index is 2.24. The minimum absolute atomic E-state index is 0.0135. The Morgan fingerprint density at radius 2 is 1.05 bits per heavy atom. The van der Waals surface area contributed by atoms with Crippen molar-refractivity contribution >= 4 is 30.0 Å². The van der Waals surface area contributed by atoms with Gasteiger partial charge in [0.15, 0.2) is 23.0 Å². The van der Waals surface area contributed by atoms with E-state index in [1.807, 2.05) is 0 Å². The summed E-state index contributed by atoms with van der Waals surface area (Å²) >= 11 is 0. The highest BCUT2D eigenvalue weighted by molar-refractivity contribution is 5.91. The van der Waals surface area contributed by atoms with Crippen LogP contribution in [0.3, 0.4) is 0 Å². The summed E-state index contributed by atoms with van der Waals surface area (Å²) in [6, 6.07) is 8.92. The van der Waals surface area contributed by atoms with Crippen LogP contribution >= 0.6 is 0 Å². The van der Waals surface area contributed by atoms with Gasteiger partial charge in [-0.15, -0.1) is 0 Å². The van der Waals surface area contributed by atoms with Crippen molar-refractivity contribution in [1.29, 1.82) is 0 Å². The quantitative estimate of drug-likeness (QED) is 0.188. The van der Waals surface area contributed by atoms with Crippen LogP contribution in [0.25, 0.3) is 6.08 Å². The second kappa shape index (κ2) is 14.1. The van der Waals surface area contributed by atoms with Crippen LogP contribution in [-0.2, 0) is 19.2 Å². The normalized spacial score (nSPS) is 10.3. The maximum absolute atomic E-state index is 12.1. The van der Waals surface area contributed by atoms with Crippen molar-refractivity contribution in [3.8, 4) is 28.7 Å². The number of carbonyl (C=O) groups excluding carboxylic acids is 4. The third-order valence-electron chi connectivity index (χ3n) is 4.74. The number of hydrogen-bond donors (Lipinski definition) is 0. The first-order valence-corrected chi connectivity index (χ1v) is 11.9. The van der Waals surface area contributed by atoms with Crippen LogP contribution in [0, 0.1) is 0 Å². The summed E-state index contributed by atoms with van der Waals surface area (Å²) < 4.78 is 26.9. The molecule has 0 saturated heterocycles. The van der Waals surface area contributed by atoms with Gasteiger partial charge in [-0.1, -0.05) is 38.5 Å². The first kappa shape index (κ1) is 31.0. The summed E-state index contributed by atoms with van der Waals surface area (Å²) in [7, 11) is 0. The van der Waals surface area contributed by atoms with Gasteiger partial charge in [0.2, 0.25) is 0 Å². The topological polar surface area (TPSA) is 114 Å². The number of benzene rings is 2. The molecule has 0 bridgehead atoms. The summed E-state index contributed by atoms with van der Waals surface area (Å²) in [5.41, 5.74) is 1.30. The Kier molecular flexibility index (Phi) is 10.9. The van der Waals surface area contributed by atoms with E-state index in [2.05, 4.69) is 26.3 Å². The lowest BCUT2D eigenvalue weighted by Crippen LogP contribution is -2.12. The van der Waals surface area contributed by atoms with Crippen molar-refractivity contribution in [2.75, 3.05) is 6.61 Å². The fraction of sp³-hybridized carbons (Fsp3) is 0.161. The van der Waals surface area contributed by atoms with E-state index in [-0.39, 0.29) is 57.6 Å². The molecule has 2 rings (SSSR count). The smallest absolute Gasteiger partial charge is 0.338 e. The Morgan fingerprint density at radius 3 is 1.57 bits per heavy atom. The van der Waals surface area contributed by atoms with Gasteiger partial charge in [0.05, 0.1) is 0 Å². The summed E-state index contributed by atoms with van der Waals surface area (Å²) in [5.74, 6) is -2.29. The lowest BCUT2D eigenvalue weighted by Gasteiger charge is -2.13. The van der Waals surface area contributed by atoms with E-state index in [0.29, 0.717) is 5.56 Å². The fourth-order valence-electron chi connectivity index (χ4n) is 2.62. The molecule has 0 heterocycles. The van der Waals surface area contributed by atoms with E-state index < -0.39 is 23.9 Å². The van der Waals surface area contributed by atoms with Gasteiger partial charge in [-0.25, -0.2) is 19.2 Å². The minimum Gasteiger partial charge on any atom is -0.486 e. The second-order valence-electron chi connectivity index (χ2n) is 8.71. The lowest BCUT2D eigenvalue weighted by atomic mass is 10.2. The summed E-state index contributed by atoms with van der Waals surface area (Å²) in [6.07, 6.45) is 3.32. The molecule has 0 atom stereocenters. The molecule has 0 unspecified atom stereocenters. The van der Waals surface area contributed by atoms with Gasteiger partial charge in [-0.2, -0.15) is 0 Å². The molecule has 0 spiro atoms. The van der Waals surface area contributed by atoms with E-state index in [1.165, 1.54) is 58.0 Å². The van der Waals surface area contributed by atoms with E-state index in [0.717, 1.165) is 0 Å². The zero-order valence-corrected chi connectivity index (χ0v) is 22.8. The molecular formula is C31H30O9. The van der Waals surface area contributed by atoms with Crippen LogP contribution in [0.2, 0.25) is 0 Å². The van der Waals surface area contributed by atoms with Crippen molar-refractivity contribution in [1.82, 2.24) is 0 Å². The van der Waals surface area contributed by atoms with Gasteiger partial charge >= 0.3 is 23.9 Å². The number of esters is 4. The first-order chi connectivity index (χ1) is 18.8. The molecule has 0 amide bonds. The van der Waals surface area contributed by atoms with Gasteiger partial charge in [0.1, 0.15) is 12.4 Å². The van der Waals surface area contributed by atoms with Gasteiger partial charge in [0, 0.05) is 28.4 Å². The zero-order chi connectivity index (χ0) is 30.0. The van der Waals surface area contributed by atoms with Crippen molar-refractivity contribution < 1.29 is 42.9 Å². The van der Waals surface area contributed by atoms with Crippen LogP contribution in [-0.4, -0.2) is 30.5 Å². The molecule has 9 heteroatoms. The Bertz CT molecular complexity index is 1430. The molecule has 0 aliphatic carbocycles. The van der Waals surface area contributed by atoms with Gasteiger partial charge in [-0.05, 0) is 63.6 Å². The van der Waals surface area contributed by atoms with E-state index in [9.17, 15) is 19.2 Å². The minimum atomic E-state index is -0.689. The molecule has 0 aromatic heterocycles. The molecular weight excluding hydrogens is 516 g/mol. The van der Waals surface area contributed by atoms with Crippen molar-refractivity contribution in [3.05, 3.63) is 96.6 Å². The lowest BCUT2D eigenvalue weighted by molar-refractivity contribution is -0.132. The average Bonchev–Trinajstić information content (AvgIpc) is 2.88. The average molecular weight is 547 g/mol. The maximum Gasteiger partial charge on any atom is 0.338 e. The third-order valence-corrected chi connectivity index (χ3v) is 4.74. The van der Waals surface area contributed by atoms with Crippen molar-refractivity contribution in [2.24, 2.45) is 0 Å². The Hall–Kier alpha value is -5.18. The molecule has 0 N–H and O–H groups in total. The number of carbonyl (C=O) groups is 4. The number of ether oxygens (including phenoxy) is 5. The largest absolute Gasteiger partial charge is 0.486 e. The van der Waals surface area contributed by atoms with Crippen LogP contribution < -0.4 is 23.7 Å².